The molecule has 1 aliphatic heterocycles. The first-order chi connectivity index (χ1) is 12.7. The van der Waals surface area contributed by atoms with Crippen LogP contribution in [0.15, 0.2) is 36.9 Å². The Hall–Kier alpha value is -3.03. The van der Waals surface area contributed by atoms with Crippen LogP contribution in [-0.2, 0) is 0 Å². The molecule has 1 aliphatic rings. The third-order valence-electron chi connectivity index (χ3n) is 5.02. The lowest BCUT2D eigenvalue weighted by Gasteiger charge is -2.35. The molecule has 1 fully saturated rings. The number of nitrogens with zero attached hydrogens (tertiary/aromatic N) is 6. The number of nitro groups is 1. The summed E-state index contributed by atoms with van der Waals surface area (Å²) < 4.78 is 1.67. The van der Waals surface area contributed by atoms with Crippen molar-refractivity contribution in [2.75, 3.05) is 11.4 Å². The highest BCUT2D eigenvalue weighted by Crippen LogP contribution is 2.35. The van der Waals surface area contributed by atoms with E-state index >= 15 is 0 Å². The standard InChI is InChI=1S/C18H20N6O2/c1-2-13-7-5-6-10-22(13)17-16(24(25)26)18(20-11-19-17)23-12-21-14-8-3-4-9-15(14)23/h3-4,8-9,11-13H,2,5-7,10H2,1H3. The molecule has 0 spiro atoms. The summed E-state index contributed by atoms with van der Waals surface area (Å²) in [5, 5.41) is 12.0. The minimum atomic E-state index is -0.374. The van der Waals surface area contributed by atoms with E-state index in [1.807, 2.05) is 24.3 Å². The molecule has 134 valence electrons. The second-order valence-electron chi connectivity index (χ2n) is 6.48. The van der Waals surface area contributed by atoms with E-state index in [9.17, 15) is 10.1 Å². The summed E-state index contributed by atoms with van der Waals surface area (Å²) >= 11 is 0. The van der Waals surface area contributed by atoms with Gasteiger partial charge >= 0.3 is 5.69 Å². The number of aromatic nitrogens is 4. The molecule has 26 heavy (non-hydrogen) atoms. The van der Waals surface area contributed by atoms with Gasteiger partial charge in [0.25, 0.3) is 0 Å². The van der Waals surface area contributed by atoms with Crippen LogP contribution in [0, 0.1) is 10.1 Å². The van der Waals surface area contributed by atoms with Gasteiger partial charge in [0.2, 0.25) is 11.6 Å². The van der Waals surface area contributed by atoms with Crippen molar-refractivity contribution in [1.82, 2.24) is 19.5 Å². The molecule has 0 saturated carbocycles. The fourth-order valence-corrected chi connectivity index (χ4v) is 3.74. The lowest BCUT2D eigenvalue weighted by Crippen LogP contribution is -2.40. The molecule has 3 heterocycles. The number of imidazole rings is 1. The largest absolute Gasteiger partial charge is 0.354 e. The van der Waals surface area contributed by atoms with E-state index in [-0.39, 0.29) is 22.5 Å². The Morgan fingerprint density at radius 2 is 2.00 bits per heavy atom. The monoisotopic (exact) mass is 352 g/mol. The zero-order valence-electron chi connectivity index (χ0n) is 14.6. The molecule has 4 rings (SSSR count). The number of benzene rings is 1. The molecular weight excluding hydrogens is 332 g/mol. The number of anilines is 1. The van der Waals surface area contributed by atoms with Gasteiger partial charge in [-0.1, -0.05) is 19.1 Å². The Bertz CT molecular complexity index is 954. The molecule has 2 aromatic heterocycles. The predicted molar refractivity (Wildman–Crippen MR) is 98.6 cm³/mol. The Kier molecular flexibility index (Phi) is 4.24. The average molecular weight is 352 g/mol. The van der Waals surface area contributed by atoms with E-state index < -0.39 is 0 Å². The van der Waals surface area contributed by atoms with Gasteiger partial charge < -0.3 is 4.90 Å². The summed E-state index contributed by atoms with van der Waals surface area (Å²) in [5.74, 6) is 0.665. The average Bonchev–Trinajstić information content (AvgIpc) is 3.11. The van der Waals surface area contributed by atoms with E-state index in [0.717, 1.165) is 43.3 Å². The van der Waals surface area contributed by atoms with Crippen LogP contribution in [0.1, 0.15) is 32.6 Å². The summed E-state index contributed by atoms with van der Waals surface area (Å²) in [5.41, 5.74) is 1.49. The van der Waals surface area contributed by atoms with Crippen LogP contribution >= 0.6 is 0 Å². The molecule has 1 saturated heterocycles. The zero-order valence-corrected chi connectivity index (χ0v) is 14.6. The van der Waals surface area contributed by atoms with Crippen molar-refractivity contribution in [1.29, 1.82) is 0 Å². The SMILES string of the molecule is CCC1CCCCN1c1ncnc(-n2cnc3ccccc32)c1[N+](=O)[O-]. The number of hydrogen-bond acceptors (Lipinski definition) is 6. The summed E-state index contributed by atoms with van der Waals surface area (Å²) in [6, 6.07) is 7.79. The number of para-hydroxylation sites is 2. The number of hydrogen-bond donors (Lipinski definition) is 0. The van der Waals surface area contributed by atoms with Crippen LogP contribution < -0.4 is 4.90 Å². The molecule has 0 bridgehead atoms. The summed E-state index contributed by atoms with van der Waals surface area (Å²) in [4.78, 5) is 26.6. The zero-order chi connectivity index (χ0) is 18.1. The van der Waals surface area contributed by atoms with Crippen molar-refractivity contribution < 1.29 is 4.92 Å². The van der Waals surface area contributed by atoms with Crippen molar-refractivity contribution in [3.8, 4) is 5.82 Å². The van der Waals surface area contributed by atoms with E-state index in [1.165, 1.54) is 6.33 Å². The lowest BCUT2D eigenvalue weighted by atomic mass is 10.00. The topological polar surface area (TPSA) is 90.0 Å². The fourth-order valence-electron chi connectivity index (χ4n) is 3.74. The van der Waals surface area contributed by atoms with E-state index in [1.54, 1.807) is 10.9 Å². The molecule has 0 amide bonds. The van der Waals surface area contributed by atoms with Crippen molar-refractivity contribution in [3.63, 3.8) is 0 Å². The van der Waals surface area contributed by atoms with Crippen molar-refractivity contribution in [2.24, 2.45) is 0 Å². The Morgan fingerprint density at radius 1 is 1.19 bits per heavy atom. The number of fused-ring (bicyclic) bond motifs is 1. The Balaban J connectivity index is 1.90. The lowest BCUT2D eigenvalue weighted by molar-refractivity contribution is -0.384. The summed E-state index contributed by atoms with van der Waals surface area (Å²) in [6.07, 6.45) is 7.12. The minimum Gasteiger partial charge on any atom is -0.348 e. The van der Waals surface area contributed by atoms with Gasteiger partial charge in [0.1, 0.15) is 12.7 Å². The van der Waals surface area contributed by atoms with Crippen LogP contribution in [-0.4, -0.2) is 37.0 Å². The smallest absolute Gasteiger partial charge is 0.348 e. The van der Waals surface area contributed by atoms with Gasteiger partial charge in [-0.3, -0.25) is 14.7 Å². The van der Waals surface area contributed by atoms with E-state index in [0.29, 0.717) is 5.82 Å². The molecule has 8 heteroatoms. The number of piperidine rings is 1. The minimum absolute atomic E-state index is 0.0593. The maximum Gasteiger partial charge on any atom is 0.354 e. The highest BCUT2D eigenvalue weighted by Gasteiger charge is 2.32. The molecule has 3 aromatic rings. The van der Waals surface area contributed by atoms with E-state index in [2.05, 4.69) is 26.8 Å². The maximum absolute atomic E-state index is 12.0. The molecule has 0 radical (unpaired) electrons. The summed E-state index contributed by atoms with van der Waals surface area (Å²) in [6.45, 7) is 2.89. The van der Waals surface area contributed by atoms with Crippen LogP contribution in [0.25, 0.3) is 16.9 Å². The van der Waals surface area contributed by atoms with Gasteiger partial charge in [-0.2, -0.15) is 0 Å². The Morgan fingerprint density at radius 3 is 2.81 bits per heavy atom. The van der Waals surface area contributed by atoms with Gasteiger partial charge in [0, 0.05) is 12.6 Å². The van der Waals surface area contributed by atoms with Crippen molar-refractivity contribution in [3.05, 3.63) is 47.0 Å². The molecule has 1 atom stereocenters. The first-order valence-corrected chi connectivity index (χ1v) is 8.89. The molecule has 0 N–H and O–H groups in total. The van der Waals surface area contributed by atoms with Crippen LogP contribution in [0.5, 0.6) is 0 Å². The van der Waals surface area contributed by atoms with Gasteiger partial charge in [-0.25, -0.2) is 15.0 Å². The van der Waals surface area contributed by atoms with Gasteiger partial charge in [-0.15, -0.1) is 0 Å². The second-order valence-corrected chi connectivity index (χ2v) is 6.48. The molecule has 1 aromatic carbocycles. The van der Waals surface area contributed by atoms with Gasteiger partial charge in [0.15, 0.2) is 0 Å². The molecule has 8 nitrogen and oxygen atoms in total. The second kappa shape index (κ2) is 6.70. The first kappa shape index (κ1) is 16.4. The van der Waals surface area contributed by atoms with Crippen molar-refractivity contribution in [2.45, 2.75) is 38.6 Å². The normalized spacial score (nSPS) is 17.6. The maximum atomic E-state index is 12.0. The first-order valence-electron chi connectivity index (χ1n) is 8.89. The van der Waals surface area contributed by atoms with Crippen LogP contribution in [0.3, 0.4) is 0 Å². The Labute approximate surface area is 150 Å². The highest BCUT2D eigenvalue weighted by atomic mass is 16.6. The summed E-state index contributed by atoms with van der Waals surface area (Å²) in [7, 11) is 0. The predicted octanol–water partition coefficient (Wildman–Crippen LogP) is 3.49. The third-order valence-corrected chi connectivity index (χ3v) is 5.02. The molecule has 0 aliphatic carbocycles. The van der Waals surface area contributed by atoms with Crippen LogP contribution in [0.4, 0.5) is 11.5 Å². The quantitative estimate of drug-likeness (QED) is 0.527. The number of rotatable bonds is 4. The molecule has 1 unspecified atom stereocenters. The van der Waals surface area contributed by atoms with Gasteiger partial charge in [0.05, 0.1) is 16.0 Å². The van der Waals surface area contributed by atoms with Crippen molar-refractivity contribution >= 4 is 22.5 Å². The molecular formula is C18H20N6O2. The van der Waals surface area contributed by atoms with E-state index in [4.69, 9.17) is 0 Å². The fraction of sp³-hybridized carbons (Fsp3) is 0.389. The van der Waals surface area contributed by atoms with Crippen LogP contribution in [0.2, 0.25) is 0 Å². The highest BCUT2D eigenvalue weighted by molar-refractivity contribution is 5.79. The third kappa shape index (κ3) is 2.67. The van der Waals surface area contributed by atoms with Gasteiger partial charge in [-0.05, 0) is 37.8 Å².